The van der Waals surface area contributed by atoms with Gasteiger partial charge in [-0.25, -0.2) is 0 Å². The molecule has 0 saturated carbocycles. The van der Waals surface area contributed by atoms with Gasteiger partial charge in [-0.15, -0.1) is 0 Å². The fourth-order valence-electron chi connectivity index (χ4n) is 2.53. The van der Waals surface area contributed by atoms with Crippen molar-refractivity contribution in [3.8, 4) is 0 Å². The molecule has 5 heteroatoms. The smallest absolute Gasteiger partial charge is 0.252 e. The number of nitrogens with one attached hydrogen (secondary N) is 2. The number of H-pyrrole nitrogens is 1. The van der Waals surface area contributed by atoms with Crippen molar-refractivity contribution >= 4 is 28.4 Å². The average Bonchev–Trinajstić information content (AvgIpc) is 2.53. The van der Waals surface area contributed by atoms with Crippen molar-refractivity contribution in [3.05, 3.63) is 81.1 Å². The first kappa shape index (κ1) is 15.3. The standard InChI is InChI=1S/C18H15ClN2O2/c1-11(12-5-4-6-13(19)9-12)20-18(23)15-10-17(22)21-16-8-3-2-7-14(15)16/h2-11H,1H3,(H,20,23)(H,21,22). The fourth-order valence-corrected chi connectivity index (χ4v) is 2.72. The van der Waals surface area contributed by atoms with E-state index in [1.165, 1.54) is 6.07 Å². The van der Waals surface area contributed by atoms with Gasteiger partial charge in [0.25, 0.3) is 5.91 Å². The maximum absolute atomic E-state index is 12.6. The number of hydrogen-bond acceptors (Lipinski definition) is 2. The Labute approximate surface area is 138 Å². The van der Waals surface area contributed by atoms with E-state index in [0.29, 0.717) is 21.5 Å². The molecule has 3 aromatic rings. The van der Waals surface area contributed by atoms with Crippen LogP contribution >= 0.6 is 11.6 Å². The number of para-hydroxylation sites is 1. The Kier molecular flexibility index (Phi) is 4.17. The largest absolute Gasteiger partial charge is 0.345 e. The van der Waals surface area contributed by atoms with Crippen LogP contribution in [0.3, 0.4) is 0 Å². The van der Waals surface area contributed by atoms with Gasteiger partial charge in [0.05, 0.1) is 11.6 Å². The molecule has 4 nitrogen and oxygen atoms in total. The van der Waals surface area contributed by atoms with Gasteiger partial charge in [0.2, 0.25) is 5.56 Å². The van der Waals surface area contributed by atoms with Gasteiger partial charge in [0.1, 0.15) is 0 Å². The first-order chi connectivity index (χ1) is 11.0. The lowest BCUT2D eigenvalue weighted by Gasteiger charge is -2.15. The third-order valence-electron chi connectivity index (χ3n) is 3.69. The lowest BCUT2D eigenvalue weighted by molar-refractivity contribution is 0.0941. The highest BCUT2D eigenvalue weighted by molar-refractivity contribution is 6.30. The number of carbonyl (C=O) groups excluding carboxylic acids is 1. The van der Waals surface area contributed by atoms with Crippen molar-refractivity contribution in [1.29, 1.82) is 0 Å². The molecule has 3 rings (SSSR count). The van der Waals surface area contributed by atoms with E-state index >= 15 is 0 Å². The summed E-state index contributed by atoms with van der Waals surface area (Å²) in [4.78, 5) is 27.1. The predicted molar refractivity (Wildman–Crippen MR) is 91.9 cm³/mol. The number of aromatic nitrogens is 1. The molecule has 0 fully saturated rings. The maximum Gasteiger partial charge on any atom is 0.252 e. The van der Waals surface area contributed by atoms with Crippen molar-refractivity contribution in [2.45, 2.75) is 13.0 Å². The van der Waals surface area contributed by atoms with Crippen molar-refractivity contribution in [2.24, 2.45) is 0 Å². The van der Waals surface area contributed by atoms with Crippen molar-refractivity contribution in [3.63, 3.8) is 0 Å². The molecule has 0 bridgehead atoms. The van der Waals surface area contributed by atoms with Gasteiger partial charge in [0.15, 0.2) is 0 Å². The van der Waals surface area contributed by atoms with Gasteiger partial charge in [0, 0.05) is 22.0 Å². The quantitative estimate of drug-likeness (QED) is 0.771. The van der Waals surface area contributed by atoms with E-state index in [9.17, 15) is 9.59 Å². The van der Waals surface area contributed by atoms with E-state index in [2.05, 4.69) is 10.3 Å². The molecule has 1 amide bonds. The molecule has 0 aliphatic carbocycles. The van der Waals surface area contributed by atoms with Crippen LogP contribution in [-0.2, 0) is 0 Å². The van der Waals surface area contributed by atoms with Gasteiger partial charge in [-0.05, 0) is 30.7 Å². The highest BCUT2D eigenvalue weighted by Crippen LogP contribution is 2.19. The van der Waals surface area contributed by atoms with Crippen LogP contribution in [0.15, 0.2) is 59.4 Å². The monoisotopic (exact) mass is 326 g/mol. The molecule has 0 aliphatic rings. The van der Waals surface area contributed by atoms with Crippen molar-refractivity contribution < 1.29 is 4.79 Å². The van der Waals surface area contributed by atoms with Crippen LogP contribution in [0.2, 0.25) is 5.02 Å². The number of pyridine rings is 1. The second-order valence-corrected chi connectivity index (χ2v) is 5.78. The Morgan fingerprint density at radius 1 is 1.13 bits per heavy atom. The molecule has 2 aromatic carbocycles. The zero-order valence-electron chi connectivity index (χ0n) is 12.5. The van der Waals surface area contributed by atoms with Crippen LogP contribution in [0.25, 0.3) is 10.9 Å². The summed E-state index contributed by atoms with van der Waals surface area (Å²) >= 11 is 5.98. The fraction of sp³-hybridized carbons (Fsp3) is 0.111. The van der Waals surface area contributed by atoms with E-state index in [1.54, 1.807) is 12.1 Å². The molecule has 1 aromatic heterocycles. The Balaban J connectivity index is 1.93. The van der Waals surface area contributed by atoms with E-state index in [1.807, 2.05) is 43.3 Å². The molecule has 1 unspecified atom stereocenters. The lowest BCUT2D eigenvalue weighted by atomic mass is 10.1. The lowest BCUT2D eigenvalue weighted by Crippen LogP contribution is -2.28. The summed E-state index contributed by atoms with van der Waals surface area (Å²) in [5, 5.41) is 4.24. The van der Waals surface area contributed by atoms with Crippen LogP contribution in [0, 0.1) is 0 Å². The number of amides is 1. The summed E-state index contributed by atoms with van der Waals surface area (Å²) in [7, 11) is 0. The van der Waals surface area contributed by atoms with E-state index in [4.69, 9.17) is 11.6 Å². The molecule has 0 aliphatic heterocycles. The maximum atomic E-state index is 12.6. The topological polar surface area (TPSA) is 62.0 Å². The van der Waals surface area contributed by atoms with Gasteiger partial charge >= 0.3 is 0 Å². The number of carbonyl (C=O) groups is 1. The average molecular weight is 327 g/mol. The molecular formula is C18H15ClN2O2. The Morgan fingerprint density at radius 2 is 1.91 bits per heavy atom. The molecule has 116 valence electrons. The number of rotatable bonds is 3. The van der Waals surface area contributed by atoms with E-state index in [0.717, 1.165) is 5.56 Å². The summed E-state index contributed by atoms with van der Waals surface area (Å²) in [6.07, 6.45) is 0. The minimum absolute atomic E-state index is 0.223. The van der Waals surface area contributed by atoms with Gasteiger partial charge in [-0.3, -0.25) is 9.59 Å². The predicted octanol–water partition coefficient (Wildman–Crippen LogP) is 3.67. The third kappa shape index (κ3) is 3.27. The van der Waals surface area contributed by atoms with Crippen LogP contribution < -0.4 is 10.9 Å². The number of fused-ring (bicyclic) bond motifs is 1. The van der Waals surface area contributed by atoms with Crippen LogP contribution in [0.1, 0.15) is 28.9 Å². The summed E-state index contributed by atoms with van der Waals surface area (Å²) in [5.41, 5.74) is 1.60. The molecule has 1 heterocycles. The Morgan fingerprint density at radius 3 is 2.70 bits per heavy atom. The van der Waals surface area contributed by atoms with Gasteiger partial charge < -0.3 is 10.3 Å². The molecule has 1 atom stereocenters. The summed E-state index contributed by atoms with van der Waals surface area (Å²) < 4.78 is 0. The number of benzene rings is 2. The minimum Gasteiger partial charge on any atom is -0.345 e. The van der Waals surface area contributed by atoms with Gasteiger partial charge in [-0.1, -0.05) is 41.9 Å². The van der Waals surface area contributed by atoms with Crippen LogP contribution in [0.4, 0.5) is 0 Å². The Bertz CT molecular complexity index is 933. The van der Waals surface area contributed by atoms with Crippen LogP contribution in [0.5, 0.6) is 0 Å². The third-order valence-corrected chi connectivity index (χ3v) is 3.93. The van der Waals surface area contributed by atoms with Crippen molar-refractivity contribution in [2.75, 3.05) is 0 Å². The second kappa shape index (κ2) is 6.26. The second-order valence-electron chi connectivity index (χ2n) is 5.34. The first-order valence-electron chi connectivity index (χ1n) is 7.23. The first-order valence-corrected chi connectivity index (χ1v) is 7.61. The highest BCUT2D eigenvalue weighted by atomic mass is 35.5. The summed E-state index contributed by atoms with van der Waals surface area (Å²) in [6, 6.07) is 15.6. The van der Waals surface area contributed by atoms with Crippen LogP contribution in [-0.4, -0.2) is 10.9 Å². The number of aromatic amines is 1. The molecule has 0 saturated heterocycles. The van der Waals surface area contributed by atoms with E-state index < -0.39 is 0 Å². The molecule has 0 spiro atoms. The molecule has 2 N–H and O–H groups in total. The molecule has 23 heavy (non-hydrogen) atoms. The Hall–Kier alpha value is -2.59. The minimum atomic E-state index is -0.302. The summed E-state index contributed by atoms with van der Waals surface area (Å²) in [6.45, 7) is 1.87. The van der Waals surface area contributed by atoms with E-state index in [-0.39, 0.29) is 17.5 Å². The normalized spacial score (nSPS) is 12.1. The SMILES string of the molecule is CC(NC(=O)c1cc(=O)[nH]c2ccccc12)c1cccc(Cl)c1. The van der Waals surface area contributed by atoms with Crippen molar-refractivity contribution in [1.82, 2.24) is 10.3 Å². The number of hydrogen-bond donors (Lipinski definition) is 2. The summed E-state index contributed by atoms with van der Waals surface area (Å²) in [5.74, 6) is -0.292. The molecule has 0 radical (unpaired) electrons. The highest BCUT2D eigenvalue weighted by Gasteiger charge is 2.15. The molecular weight excluding hydrogens is 312 g/mol. The zero-order chi connectivity index (χ0) is 16.4. The zero-order valence-corrected chi connectivity index (χ0v) is 13.2. The van der Waals surface area contributed by atoms with Gasteiger partial charge in [-0.2, -0.15) is 0 Å². The number of halogens is 1.